The minimum atomic E-state index is -0.541. The van der Waals surface area contributed by atoms with Crippen LogP contribution in [0.25, 0.3) is 10.9 Å². The van der Waals surface area contributed by atoms with Gasteiger partial charge in [-0.25, -0.2) is 0 Å². The third kappa shape index (κ3) is 6.16. The lowest BCUT2D eigenvalue weighted by Gasteiger charge is -2.26. The average molecular weight is 487 g/mol. The summed E-state index contributed by atoms with van der Waals surface area (Å²) >= 11 is 0. The molecule has 2 aliphatic rings. The number of aromatic amines is 1. The number of aryl methyl sites for hydroxylation is 1. The summed E-state index contributed by atoms with van der Waals surface area (Å²) in [6, 6.07) is 15.9. The number of carbonyl (C=O) groups is 2. The molecular weight excluding hydrogens is 448 g/mol. The maximum absolute atomic E-state index is 13.2. The number of piperidine rings is 1. The topological polar surface area (TPSA) is 77.2 Å². The highest BCUT2D eigenvalue weighted by molar-refractivity contribution is 6.02. The Labute approximate surface area is 213 Å². The van der Waals surface area contributed by atoms with Crippen LogP contribution in [0.5, 0.6) is 0 Å². The molecule has 190 valence electrons. The van der Waals surface area contributed by atoms with Crippen LogP contribution >= 0.6 is 0 Å². The molecule has 1 aliphatic heterocycles. The Morgan fingerprint density at radius 3 is 2.58 bits per heavy atom. The van der Waals surface area contributed by atoms with E-state index in [4.69, 9.17) is 0 Å². The Kier molecular flexibility index (Phi) is 7.71. The number of para-hydroxylation sites is 1. The van der Waals surface area contributed by atoms with Crippen LogP contribution in [-0.4, -0.2) is 40.8 Å². The van der Waals surface area contributed by atoms with Gasteiger partial charge in [-0.3, -0.25) is 14.5 Å². The molecule has 1 aromatic heterocycles. The number of nitrogens with zero attached hydrogens (tertiary/aromatic N) is 1. The van der Waals surface area contributed by atoms with E-state index in [0.717, 1.165) is 35.0 Å². The second kappa shape index (κ2) is 11.3. The summed E-state index contributed by atoms with van der Waals surface area (Å²) in [4.78, 5) is 32.2. The van der Waals surface area contributed by atoms with Gasteiger partial charge in [0.25, 0.3) is 5.91 Å². The fourth-order valence-corrected chi connectivity index (χ4v) is 5.34. The molecule has 1 saturated carbocycles. The van der Waals surface area contributed by atoms with Gasteiger partial charge in [0.2, 0.25) is 5.91 Å². The van der Waals surface area contributed by atoms with Gasteiger partial charge in [-0.1, -0.05) is 61.7 Å². The van der Waals surface area contributed by atoms with Crippen molar-refractivity contribution in [1.82, 2.24) is 20.5 Å². The number of likely N-dealkylation sites (tertiary alicyclic amines) is 1. The Morgan fingerprint density at radius 2 is 1.81 bits per heavy atom. The summed E-state index contributed by atoms with van der Waals surface area (Å²) < 4.78 is 0. The molecular formula is C30H38N4O2. The van der Waals surface area contributed by atoms with E-state index in [1.54, 1.807) is 0 Å². The van der Waals surface area contributed by atoms with Crippen LogP contribution in [0, 0.1) is 12.8 Å². The van der Waals surface area contributed by atoms with Gasteiger partial charge in [0.05, 0.1) is 0 Å². The second-order valence-corrected chi connectivity index (χ2v) is 10.6. The summed E-state index contributed by atoms with van der Waals surface area (Å²) in [6.45, 7) is 5.71. The first kappa shape index (κ1) is 24.6. The first-order valence-electron chi connectivity index (χ1n) is 13.5. The lowest BCUT2D eigenvalue weighted by Crippen LogP contribution is -2.46. The molecule has 0 bridgehead atoms. The van der Waals surface area contributed by atoms with Gasteiger partial charge < -0.3 is 15.6 Å². The van der Waals surface area contributed by atoms with Crippen molar-refractivity contribution in [3.05, 3.63) is 70.9 Å². The van der Waals surface area contributed by atoms with Gasteiger partial charge in [0.15, 0.2) is 0 Å². The summed E-state index contributed by atoms with van der Waals surface area (Å²) in [5.41, 5.74) is 4.76. The van der Waals surface area contributed by atoms with Crippen LogP contribution < -0.4 is 10.6 Å². The van der Waals surface area contributed by atoms with Crippen LogP contribution in [0.3, 0.4) is 0 Å². The quantitative estimate of drug-likeness (QED) is 0.375. The van der Waals surface area contributed by atoms with Gasteiger partial charge >= 0.3 is 0 Å². The Morgan fingerprint density at radius 1 is 1.03 bits per heavy atom. The summed E-state index contributed by atoms with van der Waals surface area (Å²) in [7, 11) is 0. The molecule has 1 atom stereocenters. The van der Waals surface area contributed by atoms with E-state index in [0.29, 0.717) is 24.6 Å². The molecule has 1 aliphatic carbocycles. The summed E-state index contributed by atoms with van der Waals surface area (Å²) in [5, 5.41) is 7.16. The summed E-state index contributed by atoms with van der Waals surface area (Å²) in [5.74, 6) is 0.362. The highest BCUT2D eigenvalue weighted by atomic mass is 16.2. The Bertz CT molecular complexity index is 1210. The molecule has 5 rings (SSSR count). The highest BCUT2D eigenvalue weighted by Gasteiger charge is 2.27. The van der Waals surface area contributed by atoms with E-state index < -0.39 is 6.04 Å². The third-order valence-corrected chi connectivity index (χ3v) is 7.69. The smallest absolute Gasteiger partial charge is 0.268 e. The molecule has 36 heavy (non-hydrogen) atoms. The molecule has 0 spiro atoms. The van der Waals surface area contributed by atoms with E-state index in [1.807, 2.05) is 31.2 Å². The molecule has 6 heteroatoms. The molecule has 3 N–H and O–H groups in total. The van der Waals surface area contributed by atoms with Crippen molar-refractivity contribution in [3.8, 4) is 0 Å². The fourth-order valence-electron chi connectivity index (χ4n) is 5.34. The van der Waals surface area contributed by atoms with Crippen molar-refractivity contribution in [3.63, 3.8) is 0 Å². The molecule has 2 heterocycles. The van der Waals surface area contributed by atoms with Crippen molar-refractivity contribution >= 4 is 22.7 Å². The van der Waals surface area contributed by atoms with Crippen molar-refractivity contribution in [2.45, 2.75) is 71.0 Å². The van der Waals surface area contributed by atoms with Crippen LogP contribution in [0.1, 0.15) is 72.1 Å². The normalized spacial score (nSPS) is 17.1. The van der Waals surface area contributed by atoms with E-state index >= 15 is 0 Å². The molecule has 1 unspecified atom stereocenters. The van der Waals surface area contributed by atoms with Crippen molar-refractivity contribution < 1.29 is 9.59 Å². The highest BCUT2D eigenvalue weighted by Crippen LogP contribution is 2.34. The van der Waals surface area contributed by atoms with Crippen LogP contribution in [0.2, 0.25) is 0 Å². The lowest BCUT2D eigenvalue weighted by molar-refractivity contribution is -0.123. The van der Waals surface area contributed by atoms with Crippen molar-refractivity contribution in [2.24, 2.45) is 5.92 Å². The SMILES string of the molecule is Cc1c(C(=O)NC(CCC2CC2)C(=O)NCc2cccc(CN3CCCCC3)c2)[nH]c2ccccc12. The number of carbonyl (C=O) groups excluding carboxylic acids is 2. The predicted octanol–water partition coefficient (Wildman–Crippen LogP) is 5.07. The van der Waals surface area contributed by atoms with Gasteiger partial charge in [0.1, 0.15) is 11.7 Å². The summed E-state index contributed by atoms with van der Waals surface area (Å²) in [6.07, 6.45) is 7.98. The number of aromatic nitrogens is 1. The first-order chi connectivity index (χ1) is 17.6. The van der Waals surface area contributed by atoms with Crippen LogP contribution in [0.4, 0.5) is 0 Å². The molecule has 1 saturated heterocycles. The maximum Gasteiger partial charge on any atom is 0.268 e. The number of benzene rings is 2. The number of hydrogen-bond acceptors (Lipinski definition) is 3. The zero-order valence-corrected chi connectivity index (χ0v) is 21.3. The van der Waals surface area contributed by atoms with Gasteiger partial charge in [0, 0.05) is 24.0 Å². The Hall–Kier alpha value is -3.12. The monoisotopic (exact) mass is 486 g/mol. The standard InChI is InChI=1S/C30H38N4O2/c1-21-25-10-3-4-11-26(25)32-28(21)30(36)33-27(15-14-22-12-13-22)29(35)31-19-23-8-7-9-24(18-23)20-34-16-5-2-6-17-34/h3-4,7-11,18,22,27,32H,2,5-6,12-17,19-20H2,1H3,(H,31,35)(H,33,36). The van der Waals surface area contributed by atoms with Gasteiger partial charge in [-0.05, 0) is 74.4 Å². The fraction of sp³-hybridized carbons (Fsp3) is 0.467. The first-order valence-corrected chi connectivity index (χ1v) is 13.5. The number of H-pyrrole nitrogens is 1. The molecule has 6 nitrogen and oxygen atoms in total. The molecule has 2 fully saturated rings. The minimum Gasteiger partial charge on any atom is -0.350 e. The van der Waals surface area contributed by atoms with Crippen molar-refractivity contribution in [1.29, 1.82) is 0 Å². The number of hydrogen-bond donors (Lipinski definition) is 3. The molecule has 2 aromatic carbocycles. The molecule has 2 amide bonds. The zero-order valence-electron chi connectivity index (χ0n) is 21.3. The zero-order chi connectivity index (χ0) is 24.9. The Balaban J connectivity index is 1.22. The molecule has 3 aromatic rings. The minimum absolute atomic E-state index is 0.112. The third-order valence-electron chi connectivity index (χ3n) is 7.69. The maximum atomic E-state index is 13.2. The van der Waals surface area contributed by atoms with E-state index in [2.05, 4.69) is 44.8 Å². The largest absolute Gasteiger partial charge is 0.350 e. The average Bonchev–Trinajstić information content (AvgIpc) is 3.67. The number of rotatable bonds is 10. The predicted molar refractivity (Wildman–Crippen MR) is 144 cm³/mol. The van der Waals surface area contributed by atoms with Gasteiger partial charge in [-0.2, -0.15) is 0 Å². The van der Waals surface area contributed by atoms with E-state index in [1.165, 1.54) is 50.8 Å². The second-order valence-electron chi connectivity index (χ2n) is 10.6. The van der Waals surface area contributed by atoms with Crippen LogP contribution in [0.15, 0.2) is 48.5 Å². The lowest BCUT2D eigenvalue weighted by atomic mass is 10.1. The van der Waals surface area contributed by atoms with E-state index in [-0.39, 0.29) is 11.8 Å². The van der Waals surface area contributed by atoms with Crippen LogP contribution in [-0.2, 0) is 17.9 Å². The van der Waals surface area contributed by atoms with E-state index in [9.17, 15) is 9.59 Å². The number of amides is 2. The van der Waals surface area contributed by atoms with Crippen molar-refractivity contribution in [2.75, 3.05) is 13.1 Å². The van der Waals surface area contributed by atoms with Gasteiger partial charge in [-0.15, -0.1) is 0 Å². The number of fused-ring (bicyclic) bond motifs is 1. The molecule has 0 radical (unpaired) electrons. The number of nitrogens with one attached hydrogen (secondary N) is 3.